The molecule has 2 aromatic rings. The fraction of sp³-hybridized carbons (Fsp3) is 0.364. The minimum atomic E-state index is -0.615. The van der Waals surface area contributed by atoms with Crippen LogP contribution in [-0.2, 0) is 16.1 Å². The molecule has 0 bridgehead atoms. The maximum atomic E-state index is 13.0. The zero-order valence-electron chi connectivity index (χ0n) is 16.8. The maximum absolute atomic E-state index is 13.0. The number of halogens is 2. The summed E-state index contributed by atoms with van der Waals surface area (Å²) in [5, 5.41) is 2.96. The van der Waals surface area contributed by atoms with Gasteiger partial charge in [-0.05, 0) is 84.8 Å². The van der Waals surface area contributed by atoms with Gasteiger partial charge in [0.2, 0.25) is 5.91 Å². The summed E-state index contributed by atoms with van der Waals surface area (Å²) in [4.78, 5) is 27.2. The molecule has 0 radical (unpaired) electrons. The van der Waals surface area contributed by atoms with E-state index in [1.807, 2.05) is 62.4 Å². The first-order valence-electron chi connectivity index (χ1n) is 9.52. The van der Waals surface area contributed by atoms with Gasteiger partial charge in [0.1, 0.15) is 11.8 Å². The molecule has 0 heterocycles. The van der Waals surface area contributed by atoms with Crippen molar-refractivity contribution in [1.29, 1.82) is 0 Å². The topological polar surface area (TPSA) is 58.6 Å². The average molecular weight is 573 g/mol. The predicted octanol–water partition coefficient (Wildman–Crippen LogP) is 4.76. The number of amides is 2. The summed E-state index contributed by atoms with van der Waals surface area (Å²) in [6.45, 7) is 5.90. The second kappa shape index (κ2) is 11.5. The number of benzene rings is 2. The first-order valence-corrected chi connectivity index (χ1v) is 11.4. The molecule has 0 unspecified atom stereocenters. The molecule has 0 aliphatic rings. The third kappa shape index (κ3) is 7.62. The van der Waals surface area contributed by atoms with Crippen LogP contribution in [0.15, 0.2) is 53.0 Å². The monoisotopic (exact) mass is 572 g/mol. The van der Waals surface area contributed by atoms with Gasteiger partial charge in [-0.3, -0.25) is 9.59 Å². The first kappa shape index (κ1) is 23.7. The third-order valence-corrected chi connectivity index (χ3v) is 5.80. The zero-order valence-corrected chi connectivity index (χ0v) is 20.6. The lowest BCUT2D eigenvalue weighted by atomic mass is 10.1. The van der Waals surface area contributed by atoms with Crippen LogP contribution in [0.4, 0.5) is 0 Å². The van der Waals surface area contributed by atoms with Crippen LogP contribution in [0.5, 0.6) is 5.75 Å². The number of hydrogen-bond donors (Lipinski definition) is 1. The molecule has 2 atom stereocenters. The maximum Gasteiger partial charge on any atom is 0.261 e. The van der Waals surface area contributed by atoms with E-state index < -0.39 is 6.04 Å². The molecule has 0 saturated heterocycles. The van der Waals surface area contributed by atoms with Crippen molar-refractivity contribution in [3.63, 3.8) is 0 Å². The van der Waals surface area contributed by atoms with E-state index in [2.05, 4.69) is 43.8 Å². The van der Waals surface area contributed by atoms with E-state index in [4.69, 9.17) is 4.74 Å². The van der Waals surface area contributed by atoms with Crippen LogP contribution in [-0.4, -0.2) is 35.4 Å². The van der Waals surface area contributed by atoms with Gasteiger partial charge in [0.15, 0.2) is 6.61 Å². The van der Waals surface area contributed by atoms with E-state index in [0.29, 0.717) is 12.3 Å². The molecule has 0 aliphatic carbocycles. The van der Waals surface area contributed by atoms with Gasteiger partial charge in [-0.2, -0.15) is 0 Å². The molecule has 0 spiro atoms. The van der Waals surface area contributed by atoms with Gasteiger partial charge in [-0.25, -0.2) is 0 Å². The molecule has 0 saturated carbocycles. The van der Waals surface area contributed by atoms with E-state index in [9.17, 15) is 9.59 Å². The highest BCUT2D eigenvalue weighted by molar-refractivity contribution is 14.1. The van der Waals surface area contributed by atoms with Crippen LogP contribution in [0, 0.1) is 3.57 Å². The highest BCUT2D eigenvalue weighted by atomic mass is 127. The lowest BCUT2D eigenvalue weighted by Crippen LogP contribution is -2.50. The summed E-state index contributed by atoms with van der Waals surface area (Å²) < 4.78 is 7.68. The number of carbonyl (C=O) groups excluding carboxylic acids is 2. The van der Waals surface area contributed by atoms with Gasteiger partial charge >= 0.3 is 0 Å². The molecule has 0 aromatic heterocycles. The van der Waals surface area contributed by atoms with Crippen molar-refractivity contribution in [2.24, 2.45) is 0 Å². The second-order valence-corrected chi connectivity index (χ2v) is 9.05. The fourth-order valence-electron chi connectivity index (χ4n) is 2.64. The largest absolute Gasteiger partial charge is 0.484 e. The summed E-state index contributed by atoms with van der Waals surface area (Å²) in [5.74, 6) is 0.213. The van der Waals surface area contributed by atoms with Crippen LogP contribution in [0.25, 0.3) is 0 Å². The van der Waals surface area contributed by atoms with E-state index >= 15 is 0 Å². The molecule has 5 nitrogen and oxygen atoms in total. The normalized spacial score (nSPS) is 12.7. The van der Waals surface area contributed by atoms with Gasteiger partial charge in [0.25, 0.3) is 5.91 Å². The standard InChI is InChI=1S/C22H26BrIN2O3/c1-4-15(2)25-22(28)16(3)26(13-17-6-5-7-18(23)12-17)21(27)14-29-20-10-8-19(24)9-11-20/h5-12,15-16H,4,13-14H2,1-3H3,(H,25,28)/t15-,16+/m0/s1. The molecule has 2 rings (SSSR count). The lowest BCUT2D eigenvalue weighted by Gasteiger charge is -2.29. The number of nitrogens with zero attached hydrogens (tertiary/aromatic N) is 1. The summed E-state index contributed by atoms with van der Waals surface area (Å²) in [5.41, 5.74) is 0.935. The Bertz CT molecular complexity index is 829. The van der Waals surface area contributed by atoms with Crippen molar-refractivity contribution >= 4 is 50.3 Å². The fourth-order valence-corrected chi connectivity index (χ4v) is 3.45. The first-order chi connectivity index (χ1) is 13.8. The Hall–Kier alpha value is -1.61. The lowest BCUT2D eigenvalue weighted by molar-refractivity contribution is -0.142. The van der Waals surface area contributed by atoms with Crippen molar-refractivity contribution in [2.75, 3.05) is 6.61 Å². The minimum Gasteiger partial charge on any atom is -0.484 e. The van der Waals surface area contributed by atoms with Crippen molar-refractivity contribution in [2.45, 2.75) is 45.8 Å². The summed E-state index contributed by atoms with van der Waals surface area (Å²) in [6.07, 6.45) is 0.827. The van der Waals surface area contributed by atoms with Crippen LogP contribution in [0.1, 0.15) is 32.8 Å². The molecule has 0 fully saturated rings. The SMILES string of the molecule is CC[C@H](C)NC(=O)[C@@H](C)N(Cc1cccc(Br)c1)C(=O)COc1ccc(I)cc1. The molecule has 2 amide bonds. The Kier molecular flexibility index (Phi) is 9.42. The van der Waals surface area contributed by atoms with Gasteiger partial charge in [0, 0.05) is 20.6 Å². The van der Waals surface area contributed by atoms with Crippen LogP contribution in [0.2, 0.25) is 0 Å². The highest BCUT2D eigenvalue weighted by Crippen LogP contribution is 2.17. The molecular formula is C22H26BrIN2O3. The Morgan fingerprint density at radius 3 is 2.48 bits per heavy atom. The number of hydrogen-bond acceptors (Lipinski definition) is 3. The minimum absolute atomic E-state index is 0.0517. The van der Waals surface area contributed by atoms with Crippen molar-refractivity contribution in [1.82, 2.24) is 10.2 Å². The van der Waals surface area contributed by atoms with Crippen molar-refractivity contribution in [3.8, 4) is 5.75 Å². The Labute approximate surface area is 194 Å². The number of ether oxygens (including phenoxy) is 1. The molecule has 2 aromatic carbocycles. The van der Waals surface area contributed by atoms with Crippen LogP contribution < -0.4 is 10.1 Å². The number of nitrogens with one attached hydrogen (secondary N) is 1. The molecule has 0 aliphatic heterocycles. The van der Waals surface area contributed by atoms with Crippen molar-refractivity contribution in [3.05, 3.63) is 62.1 Å². The van der Waals surface area contributed by atoms with E-state index in [1.165, 1.54) is 0 Å². The van der Waals surface area contributed by atoms with Crippen LogP contribution in [0.3, 0.4) is 0 Å². The second-order valence-electron chi connectivity index (χ2n) is 6.89. The summed E-state index contributed by atoms with van der Waals surface area (Å²) in [7, 11) is 0. The van der Waals surface area contributed by atoms with Crippen LogP contribution >= 0.6 is 38.5 Å². The predicted molar refractivity (Wildman–Crippen MR) is 127 cm³/mol. The van der Waals surface area contributed by atoms with Gasteiger partial charge < -0.3 is 15.0 Å². The van der Waals surface area contributed by atoms with E-state index in [0.717, 1.165) is 20.0 Å². The quantitative estimate of drug-likeness (QED) is 0.441. The number of carbonyl (C=O) groups is 2. The van der Waals surface area contributed by atoms with E-state index in [1.54, 1.807) is 11.8 Å². The zero-order chi connectivity index (χ0) is 21.4. The molecule has 7 heteroatoms. The number of rotatable bonds is 9. The summed E-state index contributed by atoms with van der Waals surface area (Å²) in [6, 6.07) is 14.6. The smallest absolute Gasteiger partial charge is 0.261 e. The highest BCUT2D eigenvalue weighted by Gasteiger charge is 2.27. The average Bonchev–Trinajstić information content (AvgIpc) is 2.70. The Balaban J connectivity index is 2.14. The van der Waals surface area contributed by atoms with Gasteiger partial charge in [-0.15, -0.1) is 0 Å². The Morgan fingerprint density at radius 2 is 1.86 bits per heavy atom. The molecule has 156 valence electrons. The molecule has 29 heavy (non-hydrogen) atoms. The van der Waals surface area contributed by atoms with Gasteiger partial charge in [0.05, 0.1) is 0 Å². The van der Waals surface area contributed by atoms with E-state index in [-0.39, 0.29) is 24.5 Å². The summed E-state index contributed by atoms with van der Waals surface area (Å²) >= 11 is 5.67. The molecule has 1 N–H and O–H groups in total. The molecular weight excluding hydrogens is 547 g/mol. The third-order valence-electron chi connectivity index (χ3n) is 4.59. The van der Waals surface area contributed by atoms with Crippen molar-refractivity contribution < 1.29 is 14.3 Å². The Morgan fingerprint density at radius 1 is 1.17 bits per heavy atom. The van der Waals surface area contributed by atoms with Gasteiger partial charge in [-0.1, -0.05) is 35.0 Å².